The van der Waals surface area contributed by atoms with Crippen LogP contribution in [0.25, 0.3) is 10.4 Å². The molecule has 0 unspecified atom stereocenters. The molecule has 0 bridgehead atoms. The number of nitrogens with one attached hydrogen (secondary N) is 1. The van der Waals surface area contributed by atoms with Gasteiger partial charge in [-0.25, -0.2) is 4.98 Å². The molecule has 4 atom stereocenters. The van der Waals surface area contributed by atoms with Gasteiger partial charge < -0.3 is 24.6 Å². The van der Waals surface area contributed by atoms with Crippen LogP contribution in [0.3, 0.4) is 0 Å². The number of carbonyl (C=O) groups excluding carboxylic acids is 2. The van der Waals surface area contributed by atoms with E-state index in [1.54, 1.807) is 22.3 Å². The summed E-state index contributed by atoms with van der Waals surface area (Å²) >= 11 is 1.61. The minimum atomic E-state index is -0.744. The maximum atomic E-state index is 13.9. The minimum absolute atomic E-state index is 0.0291. The number of rotatable bonds is 11. The van der Waals surface area contributed by atoms with Gasteiger partial charge in [-0.2, -0.15) is 0 Å². The van der Waals surface area contributed by atoms with Crippen molar-refractivity contribution in [2.24, 2.45) is 11.8 Å². The van der Waals surface area contributed by atoms with Crippen molar-refractivity contribution in [3.8, 4) is 16.3 Å². The maximum Gasteiger partial charge on any atom is 0.254 e. The second-order valence-corrected chi connectivity index (χ2v) is 13.0. The van der Waals surface area contributed by atoms with Gasteiger partial charge in [-0.1, -0.05) is 45.0 Å². The van der Waals surface area contributed by atoms with Crippen LogP contribution in [0.1, 0.15) is 75.3 Å². The highest BCUT2D eigenvalue weighted by Crippen LogP contribution is 2.34. The van der Waals surface area contributed by atoms with Crippen LogP contribution in [0.15, 0.2) is 40.4 Å². The van der Waals surface area contributed by atoms with Crippen molar-refractivity contribution >= 4 is 23.0 Å². The second kappa shape index (κ2) is 13.5. The largest absolute Gasteiger partial charge is 0.475 e. The molecule has 5 rings (SSSR count). The van der Waals surface area contributed by atoms with Gasteiger partial charge in [0, 0.05) is 25.5 Å². The lowest BCUT2D eigenvalue weighted by molar-refractivity contribution is -0.140. The number of β-amino-alcohol motifs (C(OH)–C–C–N with tert-alkyl or cyclic N) is 1. The van der Waals surface area contributed by atoms with Gasteiger partial charge in [0.25, 0.3) is 5.88 Å². The summed E-state index contributed by atoms with van der Waals surface area (Å²) in [6.45, 7) is 10.6. The third kappa shape index (κ3) is 6.93. The number of hydrogen-bond acceptors (Lipinski definition) is 9. The van der Waals surface area contributed by atoms with E-state index in [-0.39, 0.29) is 42.9 Å². The molecule has 10 heteroatoms. The molecule has 2 aliphatic rings. The zero-order chi connectivity index (χ0) is 29.8. The van der Waals surface area contributed by atoms with Gasteiger partial charge in [0.1, 0.15) is 5.92 Å². The molecule has 4 heterocycles. The number of amides is 1. The van der Waals surface area contributed by atoms with Crippen LogP contribution in [-0.4, -0.2) is 70.2 Å². The quantitative estimate of drug-likeness (QED) is 0.320. The Morgan fingerprint density at radius 3 is 2.60 bits per heavy atom. The smallest absolute Gasteiger partial charge is 0.254 e. The topological polar surface area (TPSA) is 118 Å². The summed E-state index contributed by atoms with van der Waals surface area (Å²) in [6, 6.07) is 9.29. The highest BCUT2D eigenvalue weighted by molar-refractivity contribution is 7.13. The van der Waals surface area contributed by atoms with Crippen molar-refractivity contribution in [3.63, 3.8) is 0 Å². The Labute approximate surface area is 251 Å². The highest BCUT2D eigenvalue weighted by Gasteiger charge is 2.43. The molecule has 9 nitrogen and oxygen atoms in total. The summed E-state index contributed by atoms with van der Waals surface area (Å²) in [4.78, 5) is 34.5. The third-order valence-electron chi connectivity index (χ3n) is 8.60. The lowest BCUT2D eigenvalue weighted by atomic mass is 9.89. The van der Waals surface area contributed by atoms with Crippen LogP contribution in [-0.2, 0) is 9.59 Å². The predicted octanol–water partition coefficient (Wildman–Crippen LogP) is 4.95. The van der Waals surface area contributed by atoms with E-state index in [1.807, 2.05) is 33.2 Å². The van der Waals surface area contributed by atoms with Gasteiger partial charge >= 0.3 is 0 Å². The number of piperidine rings is 1. The van der Waals surface area contributed by atoms with Gasteiger partial charge in [0.15, 0.2) is 11.5 Å². The van der Waals surface area contributed by atoms with E-state index in [0.29, 0.717) is 24.2 Å². The zero-order valence-corrected chi connectivity index (χ0v) is 25.7. The van der Waals surface area contributed by atoms with Crippen LogP contribution in [0, 0.1) is 18.8 Å². The molecule has 0 saturated carbocycles. The van der Waals surface area contributed by atoms with E-state index in [9.17, 15) is 14.7 Å². The molecule has 1 aromatic carbocycles. The minimum Gasteiger partial charge on any atom is -0.475 e. The fraction of sp³-hybridized carbons (Fsp3) is 0.562. The van der Waals surface area contributed by atoms with Crippen molar-refractivity contribution in [2.45, 2.75) is 77.4 Å². The standard InChI is InChI=1S/C32H42N4O5S/c1-19(2)30(28-15-29(35-41-28)40-17-22-9-11-33-12-10-22)32(39)36-16-25(37)14-26(36)27(38)13-20(3)23-5-7-24(8-6-23)31-21(4)34-18-42-31/h5-8,15,18-20,22,25-26,30,33,37H,9-14,16-17H2,1-4H3/t20-,25-,26+,30-/m1/s1. The van der Waals surface area contributed by atoms with E-state index >= 15 is 0 Å². The normalized spacial score (nSPS) is 21.0. The molecule has 2 aromatic heterocycles. The predicted molar refractivity (Wildman–Crippen MR) is 162 cm³/mol. The molecule has 1 amide bonds. The van der Waals surface area contributed by atoms with Crippen molar-refractivity contribution in [3.05, 3.63) is 52.9 Å². The number of ether oxygens (including phenoxy) is 1. The van der Waals surface area contributed by atoms with Crippen LogP contribution in [0.4, 0.5) is 0 Å². The molecule has 0 aliphatic carbocycles. The third-order valence-corrected chi connectivity index (χ3v) is 9.58. The summed E-state index contributed by atoms with van der Waals surface area (Å²) in [5.41, 5.74) is 5.02. The van der Waals surface area contributed by atoms with Crippen molar-refractivity contribution in [2.75, 3.05) is 26.2 Å². The Balaban J connectivity index is 1.24. The van der Waals surface area contributed by atoms with Crippen molar-refractivity contribution in [1.29, 1.82) is 0 Å². The average Bonchev–Trinajstić information content (AvgIpc) is 3.72. The van der Waals surface area contributed by atoms with Crippen LogP contribution < -0.4 is 10.1 Å². The molecule has 226 valence electrons. The first-order valence-electron chi connectivity index (χ1n) is 15.0. The number of carbonyl (C=O) groups is 2. The van der Waals surface area contributed by atoms with Gasteiger partial charge in [0.05, 0.1) is 34.8 Å². The van der Waals surface area contributed by atoms with Crippen LogP contribution >= 0.6 is 11.3 Å². The van der Waals surface area contributed by atoms with E-state index in [0.717, 1.165) is 47.6 Å². The number of benzene rings is 1. The number of aryl methyl sites for hydroxylation is 1. The molecule has 0 spiro atoms. The van der Waals surface area contributed by atoms with E-state index < -0.39 is 18.1 Å². The first-order chi connectivity index (χ1) is 20.2. The first-order valence-corrected chi connectivity index (χ1v) is 15.9. The SMILES string of the molecule is Cc1ncsc1-c1ccc([C@H](C)CC(=O)[C@@H]2C[C@@H](O)CN2C(=O)[C@@H](c2cc(OCC3CCNCC3)no2)C(C)C)cc1. The fourth-order valence-electron chi connectivity index (χ4n) is 6.11. The number of Topliss-reactive ketones (excluding diaryl/α,β-unsaturated/α-hetero) is 1. The van der Waals surface area contributed by atoms with Gasteiger partial charge in [-0.15, -0.1) is 11.3 Å². The number of hydrogen-bond donors (Lipinski definition) is 2. The second-order valence-electron chi connectivity index (χ2n) is 12.1. The molecule has 2 fully saturated rings. The van der Waals surface area contributed by atoms with Crippen molar-refractivity contribution < 1.29 is 24.0 Å². The number of thiazole rings is 1. The number of aromatic nitrogens is 2. The number of likely N-dealkylation sites (tertiary alicyclic amines) is 1. The Kier molecular flexibility index (Phi) is 9.75. The van der Waals surface area contributed by atoms with Crippen LogP contribution in [0.2, 0.25) is 0 Å². The summed E-state index contributed by atoms with van der Waals surface area (Å²) in [7, 11) is 0. The average molecular weight is 595 g/mol. The molecule has 3 aromatic rings. The molecular weight excluding hydrogens is 552 g/mol. The van der Waals surface area contributed by atoms with Gasteiger partial charge in [0.2, 0.25) is 5.91 Å². The Hall–Kier alpha value is -3.08. The molecule has 42 heavy (non-hydrogen) atoms. The molecule has 2 saturated heterocycles. The highest BCUT2D eigenvalue weighted by atomic mass is 32.1. The van der Waals surface area contributed by atoms with E-state index in [2.05, 4.69) is 39.7 Å². The fourth-order valence-corrected chi connectivity index (χ4v) is 6.92. The molecular formula is C32H42N4O5S. The maximum absolute atomic E-state index is 13.9. The summed E-state index contributed by atoms with van der Waals surface area (Å²) in [6.07, 6.45) is 1.89. The van der Waals surface area contributed by atoms with Crippen LogP contribution in [0.5, 0.6) is 5.88 Å². The first kappa shape index (κ1) is 30.4. The molecule has 2 N–H and O–H groups in total. The van der Waals surface area contributed by atoms with Gasteiger partial charge in [-0.3, -0.25) is 9.59 Å². The molecule has 0 radical (unpaired) electrons. The Morgan fingerprint density at radius 1 is 1.19 bits per heavy atom. The van der Waals surface area contributed by atoms with Crippen molar-refractivity contribution in [1.82, 2.24) is 20.4 Å². The number of aliphatic hydroxyl groups excluding tert-OH is 1. The zero-order valence-electron chi connectivity index (χ0n) is 24.9. The Morgan fingerprint density at radius 2 is 1.93 bits per heavy atom. The summed E-state index contributed by atoms with van der Waals surface area (Å²) < 4.78 is 11.5. The van der Waals surface area contributed by atoms with E-state index in [4.69, 9.17) is 9.26 Å². The number of nitrogens with zero attached hydrogens (tertiary/aromatic N) is 3. The van der Waals surface area contributed by atoms with Gasteiger partial charge in [-0.05, 0) is 66.9 Å². The lowest BCUT2D eigenvalue weighted by Gasteiger charge is -2.29. The van der Waals surface area contributed by atoms with E-state index in [1.165, 1.54) is 0 Å². The lowest BCUT2D eigenvalue weighted by Crippen LogP contribution is -2.44. The molecule has 2 aliphatic heterocycles. The number of ketones is 1. The summed E-state index contributed by atoms with van der Waals surface area (Å²) in [5.74, 6) is 0.242. The summed E-state index contributed by atoms with van der Waals surface area (Å²) in [5, 5.41) is 18.0. The Bertz CT molecular complexity index is 1350. The number of aliphatic hydroxyl groups is 1. The monoisotopic (exact) mass is 594 g/mol.